The number of carbonyl (C=O) groups is 1. The molecule has 2 nitrogen and oxygen atoms in total. The molecule has 1 spiro atoms. The van der Waals surface area contributed by atoms with Crippen LogP contribution < -0.4 is 0 Å². The maximum atomic E-state index is 11.7. The van der Waals surface area contributed by atoms with Crippen LogP contribution in [0.5, 0.6) is 0 Å². The van der Waals surface area contributed by atoms with E-state index in [-0.39, 0.29) is 11.5 Å². The fourth-order valence-electron chi connectivity index (χ4n) is 6.60. The Morgan fingerprint density at radius 1 is 1.29 bits per heavy atom. The molecule has 112 valence electrons. The average Bonchev–Trinajstić information content (AvgIpc) is 3.12. The molecule has 0 saturated heterocycles. The molecule has 2 fully saturated rings. The van der Waals surface area contributed by atoms with Crippen molar-refractivity contribution in [3.63, 3.8) is 0 Å². The number of fused-ring (bicyclic) bond motifs is 2. The molecule has 0 aliphatic heterocycles. The van der Waals surface area contributed by atoms with E-state index < -0.39 is 0 Å². The number of aliphatic hydroxyl groups is 1. The van der Waals surface area contributed by atoms with Gasteiger partial charge in [0.05, 0.1) is 6.10 Å². The highest BCUT2D eigenvalue weighted by molar-refractivity contribution is 5.83. The van der Waals surface area contributed by atoms with Gasteiger partial charge in [-0.2, -0.15) is 0 Å². The van der Waals surface area contributed by atoms with Crippen LogP contribution in [0.15, 0.2) is 22.8 Å². The summed E-state index contributed by atoms with van der Waals surface area (Å²) in [5.41, 5.74) is 5.11. The predicted octanol–water partition coefficient (Wildman–Crippen LogP) is 3.55. The van der Waals surface area contributed by atoms with E-state index in [1.54, 1.807) is 11.1 Å². The molecule has 0 aromatic heterocycles. The van der Waals surface area contributed by atoms with E-state index in [1.807, 2.05) is 0 Å². The highest BCUT2D eigenvalue weighted by atomic mass is 16.3. The van der Waals surface area contributed by atoms with Crippen LogP contribution in [0.25, 0.3) is 0 Å². The Bertz CT molecular complexity index is 613. The molecular weight excluding hydrogens is 260 g/mol. The van der Waals surface area contributed by atoms with Crippen LogP contribution in [0.4, 0.5) is 0 Å². The van der Waals surface area contributed by atoms with Gasteiger partial charge in [-0.1, -0.05) is 18.6 Å². The van der Waals surface area contributed by atoms with Gasteiger partial charge < -0.3 is 5.11 Å². The monoisotopic (exact) mass is 284 g/mol. The summed E-state index contributed by atoms with van der Waals surface area (Å²) in [5, 5.41) is 10.6. The topological polar surface area (TPSA) is 37.3 Å². The number of carbonyl (C=O) groups excluding carboxylic acids is 1. The highest BCUT2D eigenvalue weighted by Gasteiger charge is 2.75. The maximum absolute atomic E-state index is 11.7. The predicted molar refractivity (Wildman–Crippen MR) is 80.6 cm³/mol. The minimum Gasteiger partial charge on any atom is -0.393 e. The molecule has 0 heterocycles. The Kier molecular flexibility index (Phi) is 2.23. The minimum absolute atomic E-state index is 0.0997. The van der Waals surface area contributed by atoms with Crippen LogP contribution in [0.3, 0.4) is 0 Å². The lowest BCUT2D eigenvalue weighted by Gasteiger charge is -2.49. The number of hydrogen-bond acceptors (Lipinski definition) is 2. The smallest absolute Gasteiger partial charge is 0.137 e. The SMILES string of the molecule is C[C@]12CC=C3C4=C(CC[C@H]3[C@@]13C[C@H]3C[C@@H]2O)CC(=O)CC4. The van der Waals surface area contributed by atoms with Gasteiger partial charge in [0, 0.05) is 18.3 Å². The van der Waals surface area contributed by atoms with Crippen LogP contribution in [0.1, 0.15) is 58.3 Å². The molecule has 21 heavy (non-hydrogen) atoms. The molecular formula is C19H24O2. The normalized spacial score (nSPS) is 50.9. The fourth-order valence-corrected chi connectivity index (χ4v) is 6.60. The highest BCUT2D eigenvalue weighted by Crippen LogP contribution is 2.80. The number of aliphatic hydroxyl groups excluding tert-OH is 1. The van der Waals surface area contributed by atoms with Crippen molar-refractivity contribution in [1.29, 1.82) is 0 Å². The van der Waals surface area contributed by atoms with Crippen molar-refractivity contribution in [2.45, 2.75) is 64.4 Å². The van der Waals surface area contributed by atoms with E-state index in [2.05, 4.69) is 13.0 Å². The summed E-state index contributed by atoms with van der Waals surface area (Å²) in [5.74, 6) is 1.87. The molecule has 2 heteroatoms. The molecule has 0 amide bonds. The van der Waals surface area contributed by atoms with Crippen LogP contribution >= 0.6 is 0 Å². The second kappa shape index (κ2) is 3.71. The van der Waals surface area contributed by atoms with Gasteiger partial charge in [-0.3, -0.25) is 4.79 Å². The van der Waals surface area contributed by atoms with Gasteiger partial charge in [0.15, 0.2) is 0 Å². The third-order valence-corrected chi connectivity index (χ3v) is 7.78. The molecule has 5 atom stereocenters. The minimum atomic E-state index is -0.0997. The molecule has 0 aromatic rings. The van der Waals surface area contributed by atoms with Crippen molar-refractivity contribution < 1.29 is 9.90 Å². The number of hydrogen-bond donors (Lipinski definition) is 1. The van der Waals surface area contributed by atoms with Gasteiger partial charge >= 0.3 is 0 Å². The Morgan fingerprint density at radius 3 is 3.00 bits per heavy atom. The summed E-state index contributed by atoms with van der Waals surface area (Å²) < 4.78 is 0. The van der Waals surface area contributed by atoms with Crippen molar-refractivity contribution in [3.8, 4) is 0 Å². The molecule has 5 aliphatic rings. The first-order valence-corrected chi connectivity index (χ1v) is 8.67. The van der Waals surface area contributed by atoms with Crippen molar-refractivity contribution in [2.24, 2.45) is 22.7 Å². The van der Waals surface area contributed by atoms with Gasteiger partial charge in [0.1, 0.15) is 5.78 Å². The number of rotatable bonds is 0. The van der Waals surface area contributed by atoms with Crippen LogP contribution in [0, 0.1) is 22.7 Å². The summed E-state index contributed by atoms with van der Waals surface area (Å²) in [7, 11) is 0. The number of Topliss-reactive ketones (excluding diaryl/α,β-unsaturated/α-hetero) is 1. The molecule has 1 N–H and O–H groups in total. The Morgan fingerprint density at radius 2 is 2.14 bits per heavy atom. The zero-order valence-electron chi connectivity index (χ0n) is 12.8. The summed E-state index contributed by atoms with van der Waals surface area (Å²) in [6.07, 6.45) is 10.6. The van der Waals surface area contributed by atoms with Gasteiger partial charge in [-0.05, 0) is 66.9 Å². The lowest BCUT2D eigenvalue weighted by atomic mass is 9.55. The van der Waals surface area contributed by atoms with Gasteiger partial charge in [-0.25, -0.2) is 0 Å². The van der Waals surface area contributed by atoms with Gasteiger partial charge in [-0.15, -0.1) is 0 Å². The van der Waals surface area contributed by atoms with Crippen LogP contribution in [0.2, 0.25) is 0 Å². The van der Waals surface area contributed by atoms with E-state index in [0.717, 1.165) is 44.4 Å². The van der Waals surface area contributed by atoms with Crippen molar-refractivity contribution in [1.82, 2.24) is 0 Å². The third kappa shape index (κ3) is 1.32. The van der Waals surface area contributed by atoms with Crippen LogP contribution in [-0.4, -0.2) is 17.0 Å². The molecule has 5 aliphatic carbocycles. The lowest BCUT2D eigenvalue weighted by Crippen LogP contribution is -2.44. The van der Waals surface area contributed by atoms with Gasteiger partial charge in [0.2, 0.25) is 0 Å². The summed E-state index contributed by atoms with van der Waals surface area (Å²) >= 11 is 0. The first-order valence-electron chi connectivity index (χ1n) is 8.67. The summed E-state index contributed by atoms with van der Waals surface area (Å²) in [6, 6.07) is 0. The number of allylic oxidation sites excluding steroid dienone is 4. The molecule has 0 radical (unpaired) electrons. The van der Waals surface area contributed by atoms with E-state index in [4.69, 9.17) is 0 Å². The molecule has 5 rings (SSSR count). The summed E-state index contributed by atoms with van der Waals surface area (Å²) in [4.78, 5) is 11.7. The van der Waals surface area contributed by atoms with Crippen molar-refractivity contribution in [2.75, 3.05) is 0 Å². The molecule has 0 aromatic carbocycles. The lowest BCUT2D eigenvalue weighted by molar-refractivity contribution is -0.118. The standard InChI is InChI=1S/C19H24O2/c1-18-7-6-15-14-4-3-13(20)8-11(14)2-5-16(15)19(18)10-12(19)9-17(18)21/h6,12,16-17,21H,2-5,7-10H2,1H3/t12-,16-,17+,18-,19+/m1/s1. The largest absolute Gasteiger partial charge is 0.393 e. The maximum Gasteiger partial charge on any atom is 0.137 e. The van der Waals surface area contributed by atoms with E-state index in [1.165, 1.54) is 18.4 Å². The second-order valence-corrected chi connectivity index (χ2v) is 8.36. The first-order chi connectivity index (χ1) is 10.1. The number of ketones is 1. The second-order valence-electron chi connectivity index (χ2n) is 8.36. The van der Waals surface area contributed by atoms with Crippen LogP contribution in [-0.2, 0) is 4.79 Å². The fraction of sp³-hybridized carbons (Fsp3) is 0.737. The Labute approximate surface area is 126 Å². The average molecular weight is 284 g/mol. The quantitative estimate of drug-likeness (QED) is 0.738. The first kappa shape index (κ1) is 12.6. The molecule has 0 bridgehead atoms. The van der Waals surface area contributed by atoms with E-state index in [0.29, 0.717) is 17.1 Å². The third-order valence-electron chi connectivity index (χ3n) is 7.78. The van der Waals surface area contributed by atoms with Gasteiger partial charge in [0.25, 0.3) is 0 Å². The zero-order chi connectivity index (χ0) is 14.4. The van der Waals surface area contributed by atoms with Crippen molar-refractivity contribution in [3.05, 3.63) is 22.8 Å². The zero-order valence-corrected chi connectivity index (χ0v) is 12.8. The molecule has 2 saturated carbocycles. The Hall–Kier alpha value is -0.890. The van der Waals surface area contributed by atoms with E-state index in [9.17, 15) is 9.90 Å². The van der Waals surface area contributed by atoms with E-state index >= 15 is 0 Å². The Balaban J connectivity index is 1.61. The summed E-state index contributed by atoms with van der Waals surface area (Å²) in [6.45, 7) is 2.34. The van der Waals surface area contributed by atoms with Crippen molar-refractivity contribution >= 4 is 5.78 Å². The molecule has 0 unspecified atom stereocenters.